The first-order valence-corrected chi connectivity index (χ1v) is 7.35. The van der Waals surface area contributed by atoms with Crippen molar-refractivity contribution >= 4 is 15.9 Å². The smallest absolute Gasteiger partial charge is 0.149 e. The molecule has 0 aliphatic carbocycles. The van der Waals surface area contributed by atoms with Crippen molar-refractivity contribution in [2.24, 2.45) is 0 Å². The van der Waals surface area contributed by atoms with E-state index in [1.54, 1.807) is 16.9 Å². The number of alkyl halides is 1. The molecule has 0 amide bonds. The highest BCUT2D eigenvalue weighted by atomic mass is 79.9. The molecule has 0 saturated heterocycles. The number of hydrogen-bond donors (Lipinski definition) is 0. The van der Waals surface area contributed by atoms with Crippen LogP contribution in [0.25, 0.3) is 16.8 Å². The molecule has 0 N–H and O–H groups in total. The molecule has 0 saturated carbocycles. The Morgan fingerprint density at radius 3 is 2.55 bits per heavy atom. The standard InChI is InChI=1S/C16H12BrFN2/c17-9-13-7-4-8-15(18)16(13)20-11-14(10-19-20)12-5-2-1-3-6-12/h1-8,10-11H,9H2. The van der Waals surface area contributed by atoms with Crippen LogP contribution in [0.1, 0.15) is 5.56 Å². The average molecular weight is 331 g/mol. The first-order valence-electron chi connectivity index (χ1n) is 6.23. The summed E-state index contributed by atoms with van der Waals surface area (Å²) < 4.78 is 15.6. The SMILES string of the molecule is Fc1cccc(CBr)c1-n1cc(-c2ccccc2)cn1. The van der Waals surface area contributed by atoms with E-state index in [2.05, 4.69) is 21.0 Å². The highest BCUT2D eigenvalue weighted by molar-refractivity contribution is 9.08. The molecular weight excluding hydrogens is 319 g/mol. The van der Waals surface area contributed by atoms with E-state index in [0.29, 0.717) is 11.0 Å². The normalized spacial score (nSPS) is 10.7. The van der Waals surface area contributed by atoms with E-state index in [-0.39, 0.29) is 5.82 Å². The van der Waals surface area contributed by atoms with E-state index >= 15 is 0 Å². The van der Waals surface area contributed by atoms with Crippen molar-refractivity contribution in [3.05, 3.63) is 72.3 Å². The molecule has 100 valence electrons. The van der Waals surface area contributed by atoms with Gasteiger partial charge in [-0.2, -0.15) is 5.10 Å². The van der Waals surface area contributed by atoms with Crippen molar-refractivity contribution in [2.75, 3.05) is 0 Å². The van der Waals surface area contributed by atoms with E-state index in [9.17, 15) is 4.39 Å². The Kier molecular flexibility index (Phi) is 3.65. The molecule has 0 fully saturated rings. The molecule has 0 spiro atoms. The highest BCUT2D eigenvalue weighted by Gasteiger charge is 2.11. The van der Waals surface area contributed by atoms with Crippen molar-refractivity contribution in [3.63, 3.8) is 0 Å². The predicted octanol–water partition coefficient (Wildman–Crippen LogP) is 4.57. The van der Waals surface area contributed by atoms with E-state index in [1.807, 2.05) is 42.6 Å². The van der Waals surface area contributed by atoms with Gasteiger partial charge in [-0.3, -0.25) is 0 Å². The molecule has 0 aliphatic heterocycles. The monoisotopic (exact) mass is 330 g/mol. The maximum absolute atomic E-state index is 14.1. The van der Waals surface area contributed by atoms with Crippen LogP contribution in [0, 0.1) is 5.82 Å². The number of rotatable bonds is 3. The Balaban J connectivity index is 2.07. The third-order valence-corrected chi connectivity index (χ3v) is 3.74. The molecular formula is C16H12BrFN2. The highest BCUT2D eigenvalue weighted by Crippen LogP contribution is 2.24. The molecule has 1 aromatic heterocycles. The van der Waals surface area contributed by atoms with E-state index < -0.39 is 0 Å². The summed E-state index contributed by atoms with van der Waals surface area (Å²) in [5.41, 5.74) is 3.39. The molecule has 0 bridgehead atoms. The van der Waals surface area contributed by atoms with Gasteiger partial charge in [-0.15, -0.1) is 0 Å². The molecule has 2 aromatic carbocycles. The molecule has 4 heteroatoms. The molecule has 0 unspecified atom stereocenters. The number of nitrogens with zero attached hydrogens (tertiary/aromatic N) is 2. The lowest BCUT2D eigenvalue weighted by molar-refractivity contribution is 0.609. The van der Waals surface area contributed by atoms with Gasteiger partial charge in [0, 0.05) is 17.1 Å². The average Bonchev–Trinajstić information content (AvgIpc) is 2.97. The maximum atomic E-state index is 14.1. The summed E-state index contributed by atoms with van der Waals surface area (Å²) in [6.07, 6.45) is 3.60. The number of benzene rings is 2. The Hall–Kier alpha value is -1.94. The second kappa shape index (κ2) is 5.59. The van der Waals surface area contributed by atoms with Crippen LogP contribution in [0.5, 0.6) is 0 Å². The predicted molar refractivity (Wildman–Crippen MR) is 81.6 cm³/mol. The summed E-state index contributed by atoms with van der Waals surface area (Å²) in [4.78, 5) is 0. The zero-order valence-corrected chi connectivity index (χ0v) is 12.2. The zero-order valence-electron chi connectivity index (χ0n) is 10.6. The fourth-order valence-electron chi connectivity index (χ4n) is 2.15. The Bertz CT molecular complexity index is 722. The molecule has 2 nitrogen and oxygen atoms in total. The Morgan fingerprint density at radius 1 is 1.00 bits per heavy atom. The summed E-state index contributed by atoms with van der Waals surface area (Å²) >= 11 is 3.38. The van der Waals surface area contributed by atoms with E-state index in [1.165, 1.54) is 6.07 Å². The third kappa shape index (κ3) is 2.39. The van der Waals surface area contributed by atoms with E-state index in [4.69, 9.17) is 0 Å². The van der Waals surface area contributed by atoms with Crippen molar-refractivity contribution < 1.29 is 4.39 Å². The van der Waals surface area contributed by atoms with Gasteiger partial charge in [0.25, 0.3) is 0 Å². The quantitative estimate of drug-likeness (QED) is 0.643. The number of halogens is 2. The minimum Gasteiger partial charge on any atom is -0.237 e. The first kappa shape index (κ1) is 13.1. The second-order valence-electron chi connectivity index (χ2n) is 4.42. The van der Waals surface area contributed by atoms with Gasteiger partial charge in [0.2, 0.25) is 0 Å². The van der Waals surface area contributed by atoms with E-state index in [0.717, 1.165) is 16.7 Å². The van der Waals surface area contributed by atoms with Gasteiger partial charge in [-0.25, -0.2) is 9.07 Å². The minimum atomic E-state index is -0.273. The van der Waals surface area contributed by atoms with Crippen LogP contribution in [0.3, 0.4) is 0 Å². The topological polar surface area (TPSA) is 17.8 Å². The van der Waals surface area contributed by atoms with Gasteiger partial charge in [0.05, 0.1) is 6.20 Å². The number of para-hydroxylation sites is 1. The van der Waals surface area contributed by atoms with Crippen LogP contribution < -0.4 is 0 Å². The number of aromatic nitrogens is 2. The van der Waals surface area contributed by atoms with Crippen LogP contribution in [-0.2, 0) is 5.33 Å². The zero-order chi connectivity index (χ0) is 13.9. The lowest BCUT2D eigenvalue weighted by atomic mass is 10.1. The molecule has 3 aromatic rings. The van der Waals surface area contributed by atoms with Crippen molar-refractivity contribution in [2.45, 2.75) is 5.33 Å². The summed E-state index contributed by atoms with van der Waals surface area (Å²) in [6.45, 7) is 0. The summed E-state index contributed by atoms with van der Waals surface area (Å²) in [5, 5.41) is 4.87. The van der Waals surface area contributed by atoms with Crippen LogP contribution in [0.15, 0.2) is 60.9 Å². The van der Waals surface area contributed by atoms with Crippen molar-refractivity contribution in [3.8, 4) is 16.8 Å². The maximum Gasteiger partial charge on any atom is 0.149 e. The second-order valence-corrected chi connectivity index (χ2v) is 4.98. The number of hydrogen-bond acceptors (Lipinski definition) is 1. The van der Waals surface area contributed by atoms with Gasteiger partial charge in [-0.05, 0) is 17.2 Å². The fourth-order valence-corrected chi connectivity index (χ4v) is 2.60. The van der Waals surface area contributed by atoms with Crippen LogP contribution in [0.2, 0.25) is 0 Å². The largest absolute Gasteiger partial charge is 0.237 e. The molecule has 0 radical (unpaired) electrons. The minimum absolute atomic E-state index is 0.273. The van der Waals surface area contributed by atoms with Crippen LogP contribution >= 0.6 is 15.9 Å². The molecule has 20 heavy (non-hydrogen) atoms. The molecule has 0 atom stereocenters. The van der Waals surface area contributed by atoms with Crippen LogP contribution in [-0.4, -0.2) is 9.78 Å². The van der Waals surface area contributed by atoms with Crippen LogP contribution in [0.4, 0.5) is 4.39 Å². The van der Waals surface area contributed by atoms with Gasteiger partial charge in [0.15, 0.2) is 0 Å². The third-order valence-electron chi connectivity index (χ3n) is 3.13. The van der Waals surface area contributed by atoms with Crippen molar-refractivity contribution in [1.82, 2.24) is 9.78 Å². The van der Waals surface area contributed by atoms with Crippen molar-refractivity contribution in [1.29, 1.82) is 0 Å². The van der Waals surface area contributed by atoms with Gasteiger partial charge in [-0.1, -0.05) is 58.4 Å². The lowest BCUT2D eigenvalue weighted by Gasteiger charge is -2.08. The molecule has 0 aliphatic rings. The van der Waals surface area contributed by atoms with Gasteiger partial charge in [0.1, 0.15) is 11.5 Å². The lowest BCUT2D eigenvalue weighted by Crippen LogP contribution is -2.02. The Labute approximate surface area is 125 Å². The summed E-state index contributed by atoms with van der Waals surface area (Å²) in [6, 6.07) is 15.0. The molecule has 3 rings (SSSR count). The Morgan fingerprint density at radius 2 is 1.80 bits per heavy atom. The van der Waals surface area contributed by atoms with Gasteiger partial charge < -0.3 is 0 Å². The summed E-state index contributed by atoms with van der Waals surface area (Å²) in [7, 11) is 0. The summed E-state index contributed by atoms with van der Waals surface area (Å²) in [5.74, 6) is -0.273. The fraction of sp³-hybridized carbons (Fsp3) is 0.0625. The van der Waals surface area contributed by atoms with Gasteiger partial charge >= 0.3 is 0 Å². The first-order chi connectivity index (χ1) is 9.79. The molecule has 1 heterocycles.